The van der Waals surface area contributed by atoms with Gasteiger partial charge in [-0.15, -0.1) is 0 Å². The van der Waals surface area contributed by atoms with Gasteiger partial charge < -0.3 is 15.0 Å². The van der Waals surface area contributed by atoms with Gasteiger partial charge in [-0.25, -0.2) is 9.88 Å². The fraction of sp³-hybridized carbons (Fsp3) is 0.250. The molecule has 2 aliphatic heterocycles. The van der Waals surface area contributed by atoms with Gasteiger partial charge in [-0.1, -0.05) is 17.7 Å². The van der Waals surface area contributed by atoms with E-state index in [2.05, 4.69) is 15.3 Å². The maximum Gasteiger partial charge on any atom is 0.258 e. The molecule has 3 heterocycles. The van der Waals surface area contributed by atoms with Crippen LogP contribution in [0.5, 0.6) is 5.88 Å². The standard InChI is InChI=1S/C20H18ClN5O4/c1-30-18-15(21)10-22-20(24-18)23-13-7-8-25(11-13)19(29)12-3-2-4-14(9-12)26-16(27)5-6-17(26)28/h2-6,9-10,13H,7-8,11H2,1H3,(H,22,23,24)/i1D3. The Balaban J connectivity index is 1.42. The van der Waals surface area contributed by atoms with Gasteiger partial charge >= 0.3 is 0 Å². The lowest BCUT2D eigenvalue weighted by molar-refractivity contribution is -0.119. The highest BCUT2D eigenvalue weighted by Crippen LogP contribution is 2.24. The van der Waals surface area contributed by atoms with Gasteiger partial charge in [-0.3, -0.25) is 14.4 Å². The Kier molecular flexibility index (Phi) is 4.42. The Morgan fingerprint density at radius 2 is 2.13 bits per heavy atom. The summed E-state index contributed by atoms with van der Waals surface area (Å²) in [6, 6.07) is 6.13. The Morgan fingerprint density at radius 3 is 2.90 bits per heavy atom. The number of aromatic nitrogens is 2. The third kappa shape index (κ3) is 3.84. The van der Waals surface area contributed by atoms with Gasteiger partial charge in [-0.05, 0) is 24.6 Å². The summed E-state index contributed by atoms with van der Waals surface area (Å²) in [6.07, 6.45) is 4.19. The molecule has 0 bridgehead atoms. The number of hydrogen-bond donors (Lipinski definition) is 1. The number of nitrogens with zero attached hydrogens (tertiary/aromatic N) is 4. The van der Waals surface area contributed by atoms with Crippen LogP contribution in [-0.2, 0) is 9.59 Å². The average molecular weight is 431 g/mol. The third-order valence-electron chi connectivity index (χ3n) is 4.78. The van der Waals surface area contributed by atoms with E-state index >= 15 is 0 Å². The van der Waals surface area contributed by atoms with Crippen molar-refractivity contribution < 1.29 is 23.2 Å². The van der Waals surface area contributed by atoms with E-state index < -0.39 is 18.9 Å². The van der Waals surface area contributed by atoms with Gasteiger partial charge in [0.15, 0.2) is 0 Å². The van der Waals surface area contributed by atoms with Crippen LogP contribution in [0.3, 0.4) is 0 Å². The van der Waals surface area contributed by atoms with Crippen molar-refractivity contribution in [2.24, 2.45) is 0 Å². The molecule has 1 N–H and O–H groups in total. The highest BCUT2D eigenvalue weighted by molar-refractivity contribution is 6.31. The van der Waals surface area contributed by atoms with E-state index in [1.165, 1.54) is 24.4 Å². The first-order valence-electron chi connectivity index (χ1n) is 10.5. The van der Waals surface area contributed by atoms with Gasteiger partial charge in [-0.2, -0.15) is 4.98 Å². The molecule has 0 aliphatic carbocycles. The zero-order chi connectivity index (χ0) is 23.8. The molecule has 154 valence electrons. The second kappa shape index (κ2) is 8.11. The summed E-state index contributed by atoms with van der Waals surface area (Å²) in [4.78, 5) is 47.5. The Morgan fingerprint density at radius 1 is 1.33 bits per heavy atom. The van der Waals surface area contributed by atoms with Crippen molar-refractivity contribution in [1.29, 1.82) is 0 Å². The van der Waals surface area contributed by atoms with Gasteiger partial charge in [0.2, 0.25) is 11.8 Å². The van der Waals surface area contributed by atoms with Crippen LogP contribution >= 0.6 is 11.6 Å². The van der Waals surface area contributed by atoms with Crippen molar-refractivity contribution in [3.8, 4) is 5.88 Å². The second-order valence-electron chi connectivity index (χ2n) is 6.73. The van der Waals surface area contributed by atoms with E-state index in [-0.39, 0.29) is 28.8 Å². The van der Waals surface area contributed by atoms with Crippen LogP contribution in [0.4, 0.5) is 11.6 Å². The number of anilines is 2. The molecular formula is C20H18ClN5O4. The van der Waals surface area contributed by atoms with E-state index in [4.69, 9.17) is 20.5 Å². The molecular weight excluding hydrogens is 410 g/mol. The molecule has 2 aliphatic rings. The van der Waals surface area contributed by atoms with Gasteiger partial charge in [0.25, 0.3) is 17.7 Å². The SMILES string of the molecule is [2H]C([2H])([2H])Oc1nc(NC2CCN(C(=O)c3cccc(N4C(=O)C=CC4=O)c3)C2)ncc1Cl. The maximum atomic E-state index is 13.0. The molecule has 10 heteroatoms. The minimum atomic E-state index is -2.71. The number of hydrogen-bond acceptors (Lipinski definition) is 7. The summed E-state index contributed by atoms with van der Waals surface area (Å²) in [5, 5.41) is 3.02. The molecule has 4 rings (SSSR count). The average Bonchev–Trinajstić information content (AvgIpc) is 3.35. The smallest absolute Gasteiger partial charge is 0.258 e. The van der Waals surface area contributed by atoms with Crippen molar-refractivity contribution in [2.45, 2.75) is 12.5 Å². The van der Waals surface area contributed by atoms with E-state index in [1.807, 2.05) is 0 Å². The van der Waals surface area contributed by atoms with Crippen LogP contribution in [-0.4, -0.2) is 58.8 Å². The first-order valence-corrected chi connectivity index (χ1v) is 9.42. The van der Waals surface area contributed by atoms with Crippen molar-refractivity contribution >= 4 is 41.0 Å². The van der Waals surface area contributed by atoms with Crippen molar-refractivity contribution in [3.63, 3.8) is 0 Å². The highest BCUT2D eigenvalue weighted by atomic mass is 35.5. The van der Waals surface area contributed by atoms with Gasteiger partial charge in [0.1, 0.15) is 5.02 Å². The van der Waals surface area contributed by atoms with Crippen molar-refractivity contribution in [3.05, 3.63) is 53.2 Å². The van der Waals surface area contributed by atoms with E-state index in [0.29, 0.717) is 30.8 Å². The predicted molar refractivity (Wildman–Crippen MR) is 110 cm³/mol. The van der Waals surface area contributed by atoms with Crippen LogP contribution < -0.4 is 15.0 Å². The molecule has 3 amide bonds. The summed E-state index contributed by atoms with van der Waals surface area (Å²) in [6.45, 7) is 0.795. The van der Waals surface area contributed by atoms with Crippen LogP contribution in [0.25, 0.3) is 0 Å². The summed E-state index contributed by atoms with van der Waals surface area (Å²) in [5.74, 6) is -1.31. The van der Waals surface area contributed by atoms with E-state index in [0.717, 1.165) is 4.90 Å². The molecule has 2 aromatic rings. The Bertz CT molecular complexity index is 1140. The minimum Gasteiger partial charge on any atom is -0.480 e. The fourth-order valence-corrected chi connectivity index (χ4v) is 3.48. The Labute approximate surface area is 181 Å². The lowest BCUT2D eigenvalue weighted by Gasteiger charge is -2.19. The van der Waals surface area contributed by atoms with Crippen LogP contribution in [0.15, 0.2) is 42.6 Å². The third-order valence-corrected chi connectivity index (χ3v) is 5.04. The quantitative estimate of drug-likeness (QED) is 0.722. The molecule has 9 nitrogen and oxygen atoms in total. The molecule has 30 heavy (non-hydrogen) atoms. The van der Waals surface area contributed by atoms with E-state index in [9.17, 15) is 14.4 Å². The van der Waals surface area contributed by atoms with Gasteiger partial charge in [0.05, 0.1) is 23.0 Å². The molecule has 1 unspecified atom stereocenters. The monoisotopic (exact) mass is 430 g/mol. The number of amides is 3. The number of benzene rings is 1. The number of methoxy groups -OCH3 is 1. The molecule has 1 fully saturated rings. The molecule has 0 saturated carbocycles. The first kappa shape index (κ1) is 16.3. The number of halogens is 1. The van der Waals surface area contributed by atoms with Gasteiger partial charge in [0, 0.05) is 36.8 Å². The summed E-state index contributed by atoms with van der Waals surface area (Å²) < 4.78 is 26.4. The lowest BCUT2D eigenvalue weighted by atomic mass is 10.1. The summed E-state index contributed by atoms with van der Waals surface area (Å²) in [5.41, 5.74) is 0.669. The number of carbonyl (C=O) groups is 3. The fourth-order valence-electron chi connectivity index (χ4n) is 3.35. The molecule has 1 aromatic carbocycles. The number of imide groups is 1. The predicted octanol–water partition coefficient (Wildman–Crippen LogP) is 1.89. The number of nitrogens with one attached hydrogen (secondary N) is 1. The number of ether oxygens (including phenoxy) is 1. The second-order valence-corrected chi connectivity index (χ2v) is 7.13. The number of rotatable bonds is 5. The molecule has 1 atom stereocenters. The molecule has 1 aromatic heterocycles. The first-order chi connectivity index (χ1) is 15.6. The minimum absolute atomic E-state index is 0.0371. The summed E-state index contributed by atoms with van der Waals surface area (Å²) >= 11 is 5.90. The molecule has 0 radical (unpaired) electrons. The lowest BCUT2D eigenvalue weighted by Crippen LogP contribution is -2.32. The Hall–Kier alpha value is -3.46. The van der Waals surface area contributed by atoms with Crippen LogP contribution in [0.2, 0.25) is 5.02 Å². The molecule has 1 saturated heterocycles. The van der Waals surface area contributed by atoms with Crippen LogP contribution in [0, 0.1) is 0 Å². The number of carbonyl (C=O) groups excluding carboxylic acids is 3. The van der Waals surface area contributed by atoms with E-state index in [1.54, 1.807) is 23.1 Å². The summed E-state index contributed by atoms with van der Waals surface area (Å²) in [7, 11) is -2.71. The normalized spacial score (nSPS) is 20.2. The number of likely N-dealkylation sites (tertiary alicyclic amines) is 1. The molecule has 0 spiro atoms. The highest BCUT2D eigenvalue weighted by Gasteiger charge is 2.29. The topological polar surface area (TPSA) is 105 Å². The largest absolute Gasteiger partial charge is 0.480 e. The maximum absolute atomic E-state index is 13.0. The van der Waals surface area contributed by atoms with Crippen molar-refractivity contribution in [1.82, 2.24) is 14.9 Å². The van der Waals surface area contributed by atoms with Crippen LogP contribution in [0.1, 0.15) is 20.9 Å². The zero-order valence-electron chi connectivity index (χ0n) is 18.5. The zero-order valence-corrected chi connectivity index (χ0v) is 16.3. The van der Waals surface area contributed by atoms with Crippen molar-refractivity contribution in [2.75, 3.05) is 30.3 Å².